The van der Waals surface area contributed by atoms with Crippen LogP contribution in [-0.4, -0.2) is 84.0 Å². The molecule has 0 aliphatic carbocycles. The summed E-state index contributed by atoms with van der Waals surface area (Å²) in [6, 6.07) is 33.3. The summed E-state index contributed by atoms with van der Waals surface area (Å²) in [6.45, 7) is 9.00. The number of benzene rings is 4. The van der Waals surface area contributed by atoms with Crippen LogP contribution in [0.5, 0.6) is 17.2 Å². The molecule has 5 rings (SSSR count). The monoisotopic (exact) mass is 701 g/mol. The van der Waals surface area contributed by atoms with E-state index < -0.39 is 9.04 Å². The number of nitrogens with zero attached hydrogens (tertiary/aromatic N) is 2. The Kier molecular flexibility index (Phi) is 12.3. The molecule has 4 aromatic rings. The van der Waals surface area contributed by atoms with Crippen LogP contribution in [0.3, 0.4) is 0 Å². The van der Waals surface area contributed by atoms with Gasteiger partial charge in [0.2, 0.25) is 9.04 Å². The predicted molar refractivity (Wildman–Crippen MR) is 201 cm³/mol. The van der Waals surface area contributed by atoms with Gasteiger partial charge >= 0.3 is 6.03 Å². The molecule has 0 spiro atoms. The van der Waals surface area contributed by atoms with E-state index in [9.17, 15) is 4.79 Å². The van der Waals surface area contributed by atoms with Gasteiger partial charge < -0.3 is 28.9 Å². The number of ether oxygens (including phenoxy) is 3. The van der Waals surface area contributed by atoms with Crippen molar-refractivity contribution >= 4 is 42.7 Å². The lowest BCUT2D eigenvalue weighted by atomic mass is 9.83. The van der Waals surface area contributed by atoms with Crippen molar-refractivity contribution in [3.05, 3.63) is 108 Å². The summed E-state index contributed by atoms with van der Waals surface area (Å²) in [4.78, 5) is 18.2. The van der Waals surface area contributed by atoms with Gasteiger partial charge in [-0.05, 0) is 46.5 Å². The number of anilines is 1. The number of amides is 2. The number of hydrogen-bond donors (Lipinski definition) is 1. The number of hydrogen-bond acceptors (Lipinski definition) is 6. The van der Waals surface area contributed by atoms with Gasteiger partial charge in [0.05, 0.1) is 26.4 Å². The van der Waals surface area contributed by atoms with Crippen LogP contribution >= 0.6 is 11.6 Å². The van der Waals surface area contributed by atoms with E-state index in [4.69, 9.17) is 30.2 Å². The van der Waals surface area contributed by atoms with Gasteiger partial charge in [-0.1, -0.05) is 93.0 Å². The second kappa shape index (κ2) is 16.6. The molecule has 0 aromatic heterocycles. The minimum Gasteiger partial charge on any atom is -0.497 e. The molecular weight excluding hydrogens is 654 g/mol. The van der Waals surface area contributed by atoms with Crippen LogP contribution in [0.15, 0.2) is 103 Å². The fourth-order valence-corrected chi connectivity index (χ4v) is 9.07. The second-order valence-electron chi connectivity index (χ2n) is 13.6. The van der Waals surface area contributed by atoms with E-state index in [1.54, 1.807) is 32.4 Å². The third kappa shape index (κ3) is 9.79. The van der Waals surface area contributed by atoms with Gasteiger partial charge in [-0.15, -0.1) is 0 Å². The van der Waals surface area contributed by atoms with E-state index in [-0.39, 0.29) is 29.7 Å². The highest BCUT2D eigenvalue weighted by atomic mass is 35.5. The first kappa shape index (κ1) is 36.3. The third-order valence-electron chi connectivity index (χ3n) is 8.89. The molecule has 1 aliphatic rings. The molecule has 0 radical (unpaired) electrons. The summed E-state index contributed by atoms with van der Waals surface area (Å²) < 4.78 is 24.4. The maximum absolute atomic E-state index is 14.1. The molecule has 8 nitrogen and oxygen atoms in total. The van der Waals surface area contributed by atoms with Crippen LogP contribution < -0.4 is 29.9 Å². The molecule has 0 saturated carbocycles. The molecule has 1 fully saturated rings. The zero-order valence-corrected chi connectivity index (χ0v) is 31.2. The number of likely N-dealkylation sites (tertiary alicyclic amines) is 1. The molecule has 1 heterocycles. The Morgan fingerprint density at radius 2 is 1.43 bits per heavy atom. The van der Waals surface area contributed by atoms with Gasteiger partial charge in [-0.3, -0.25) is 4.90 Å². The molecule has 0 bridgehead atoms. The van der Waals surface area contributed by atoms with E-state index >= 15 is 0 Å². The van der Waals surface area contributed by atoms with Crippen molar-refractivity contribution < 1.29 is 23.4 Å². The minimum absolute atomic E-state index is 0.103. The van der Waals surface area contributed by atoms with E-state index in [0.29, 0.717) is 28.6 Å². The van der Waals surface area contributed by atoms with Crippen molar-refractivity contribution in [1.82, 2.24) is 9.80 Å². The zero-order chi connectivity index (χ0) is 35.0. The number of carbonyl (C=O) groups is 1. The molecule has 2 atom stereocenters. The molecule has 1 unspecified atom stereocenters. The van der Waals surface area contributed by atoms with Crippen molar-refractivity contribution in [3.8, 4) is 17.2 Å². The molecule has 1 N–H and O–H groups in total. The lowest BCUT2D eigenvalue weighted by Crippen LogP contribution is -2.59. The Morgan fingerprint density at radius 1 is 0.878 bits per heavy atom. The highest BCUT2D eigenvalue weighted by Crippen LogP contribution is 2.32. The topological polar surface area (TPSA) is 72.5 Å². The van der Waals surface area contributed by atoms with Crippen molar-refractivity contribution in [2.24, 2.45) is 5.41 Å². The Hall–Kier alpha value is -4.02. The summed E-state index contributed by atoms with van der Waals surface area (Å²) in [7, 11) is 2.89. The van der Waals surface area contributed by atoms with Gasteiger partial charge in [0, 0.05) is 55.6 Å². The molecule has 2 amide bonds. The Balaban J connectivity index is 1.39. The van der Waals surface area contributed by atoms with Gasteiger partial charge in [-0.25, -0.2) is 4.79 Å². The average molecular weight is 702 g/mol. The molecule has 10 heteroatoms. The van der Waals surface area contributed by atoms with Gasteiger partial charge in [0.15, 0.2) is 0 Å². The normalized spacial score (nSPS) is 14.9. The van der Waals surface area contributed by atoms with Crippen LogP contribution in [0.1, 0.15) is 27.2 Å². The number of likely N-dealkylation sites (N-methyl/N-ethyl adjacent to an activating group) is 1. The Labute approximate surface area is 297 Å². The predicted octanol–water partition coefficient (Wildman–Crippen LogP) is 6.31. The van der Waals surface area contributed by atoms with Crippen molar-refractivity contribution in [2.75, 3.05) is 46.2 Å². The van der Waals surface area contributed by atoms with Crippen LogP contribution in [0.25, 0.3) is 0 Å². The first-order chi connectivity index (χ1) is 23.5. The number of methoxy groups -OCH3 is 2. The van der Waals surface area contributed by atoms with Crippen LogP contribution in [0.2, 0.25) is 5.02 Å². The maximum atomic E-state index is 14.1. The number of carbonyl (C=O) groups excluding carboxylic acids is 1. The SMILES string of the molecule is COc1cc(NC(=O)N(C)[C@@H](CCN2CC(Oc3ccc(Cl)cc3)C2)C(O[SiH](c2ccccc2)c2ccccc2)C(C)(C)C)cc(OC)c1. The fraction of sp³-hybridized carbons (Fsp3) is 0.359. The molecular formula is C39H48ClN3O5Si. The van der Waals surface area contributed by atoms with Crippen molar-refractivity contribution in [1.29, 1.82) is 0 Å². The lowest BCUT2D eigenvalue weighted by Gasteiger charge is -2.45. The lowest BCUT2D eigenvalue weighted by molar-refractivity contribution is -0.00802. The highest BCUT2D eigenvalue weighted by Gasteiger charge is 2.40. The summed E-state index contributed by atoms with van der Waals surface area (Å²) >= 11 is 6.05. The van der Waals surface area contributed by atoms with E-state index in [0.717, 1.165) is 25.4 Å². The van der Waals surface area contributed by atoms with Crippen LogP contribution in [0, 0.1) is 5.41 Å². The minimum atomic E-state index is -2.16. The molecule has 1 saturated heterocycles. The van der Waals surface area contributed by atoms with E-state index in [2.05, 4.69) is 79.5 Å². The molecule has 1 aliphatic heterocycles. The Morgan fingerprint density at radius 3 is 1.94 bits per heavy atom. The van der Waals surface area contributed by atoms with Crippen LogP contribution in [0.4, 0.5) is 10.5 Å². The Bertz CT molecular complexity index is 1570. The third-order valence-corrected chi connectivity index (χ3v) is 11.7. The number of halogens is 1. The molecule has 49 heavy (non-hydrogen) atoms. The highest BCUT2D eigenvalue weighted by molar-refractivity contribution is 6.80. The largest absolute Gasteiger partial charge is 0.497 e. The smallest absolute Gasteiger partial charge is 0.321 e. The number of nitrogens with one attached hydrogen (secondary N) is 1. The van der Waals surface area contributed by atoms with Gasteiger partial charge in [0.25, 0.3) is 0 Å². The van der Waals surface area contributed by atoms with Gasteiger partial charge in [0.1, 0.15) is 23.4 Å². The number of rotatable bonds is 14. The second-order valence-corrected chi connectivity index (χ2v) is 16.4. The zero-order valence-electron chi connectivity index (χ0n) is 29.3. The number of urea groups is 1. The van der Waals surface area contributed by atoms with Crippen molar-refractivity contribution in [2.45, 2.75) is 45.4 Å². The summed E-state index contributed by atoms with van der Waals surface area (Å²) in [6.07, 6.45) is 0.542. The van der Waals surface area contributed by atoms with Crippen molar-refractivity contribution in [3.63, 3.8) is 0 Å². The van der Waals surface area contributed by atoms with E-state index in [1.807, 2.05) is 48.3 Å². The summed E-state index contributed by atoms with van der Waals surface area (Å²) in [5.74, 6) is 2.01. The molecule has 260 valence electrons. The maximum Gasteiger partial charge on any atom is 0.321 e. The summed E-state index contributed by atoms with van der Waals surface area (Å²) in [5.41, 5.74) is 0.299. The molecule has 4 aromatic carbocycles. The first-order valence-corrected chi connectivity index (χ1v) is 18.7. The van der Waals surface area contributed by atoms with Crippen LogP contribution in [-0.2, 0) is 4.43 Å². The standard InChI is InChI=1S/C39H48ClN3O5Si/c1-39(2,3)37(48-49(34-13-9-7-10-14-34)35-15-11-8-12-16-35)36(21-22-43-26-33(27-43)47-30-19-17-28(40)18-20-30)42(4)38(44)41-29-23-31(45-5)25-32(24-29)46-6/h7-20,23-25,33,36-37,49H,21-22,26-27H2,1-6H3,(H,41,44)/t36-,37?/m0/s1. The van der Waals surface area contributed by atoms with E-state index in [1.165, 1.54) is 10.4 Å². The van der Waals surface area contributed by atoms with Gasteiger partial charge in [-0.2, -0.15) is 0 Å². The first-order valence-electron chi connectivity index (χ1n) is 16.7. The quantitative estimate of drug-likeness (QED) is 0.156. The summed E-state index contributed by atoms with van der Waals surface area (Å²) in [5, 5.41) is 6.17. The average Bonchev–Trinajstić information content (AvgIpc) is 3.08. The fourth-order valence-electron chi connectivity index (χ4n) is 6.21.